The van der Waals surface area contributed by atoms with Gasteiger partial charge in [-0.15, -0.1) is 0 Å². The second kappa shape index (κ2) is 11.5. The van der Waals surface area contributed by atoms with Crippen molar-refractivity contribution in [1.29, 1.82) is 0 Å². The van der Waals surface area contributed by atoms with Crippen LogP contribution < -0.4 is 15.8 Å². The molecule has 1 atom stereocenters. The molecule has 3 rings (SSSR count). The van der Waals surface area contributed by atoms with Crippen LogP contribution in [-0.2, 0) is 9.59 Å². The van der Waals surface area contributed by atoms with E-state index in [9.17, 15) is 19.5 Å². The molecule has 1 amide bonds. The fraction of sp³-hybridized carbons (Fsp3) is 0.522. The average Bonchev–Trinajstić information content (AvgIpc) is 2.81. The van der Waals surface area contributed by atoms with Crippen LogP contribution in [-0.4, -0.2) is 48.6 Å². The SMILES string of the molecule is CC.CNC(=O)CCC(C=O)n1ccc2cc(N3CCC(CO)CC3)ccc2c1=O. The second-order valence-corrected chi connectivity index (χ2v) is 7.33. The number of nitrogens with zero attached hydrogens (tertiary/aromatic N) is 2. The highest BCUT2D eigenvalue weighted by Crippen LogP contribution is 2.26. The van der Waals surface area contributed by atoms with E-state index in [0.717, 1.165) is 43.3 Å². The number of aliphatic hydroxyl groups excluding tert-OH is 1. The zero-order chi connectivity index (χ0) is 22.1. The topological polar surface area (TPSA) is 91.6 Å². The minimum absolute atomic E-state index is 0.157. The van der Waals surface area contributed by atoms with Gasteiger partial charge in [0.2, 0.25) is 5.91 Å². The molecular weight excluding hydrogens is 382 g/mol. The lowest BCUT2D eigenvalue weighted by atomic mass is 9.97. The number of pyridine rings is 1. The molecule has 0 radical (unpaired) electrons. The monoisotopic (exact) mass is 415 g/mol. The largest absolute Gasteiger partial charge is 0.396 e. The molecule has 1 aromatic carbocycles. The van der Waals surface area contributed by atoms with Crippen molar-refractivity contribution in [3.63, 3.8) is 0 Å². The Hall–Kier alpha value is -2.67. The Morgan fingerprint density at radius 1 is 1.27 bits per heavy atom. The molecule has 1 fully saturated rings. The lowest BCUT2D eigenvalue weighted by Gasteiger charge is -2.33. The molecule has 164 valence electrons. The second-order valence-electron chi connectivity index (χ2n) is 7.33. The fourth-order valence-electron chi connectivity index (χ4n) is 3.76. The van der Waals surface area contributed by atoms with Gasteiger partial charge in [0.25, 0.3) is 5.56 Å². The molecule has 0 aliphatic carbocycles. The number of hydrogen-bond acceptors (Lipinski definition) is 5. The summed E-state index contributed by atoms with van der Waals surface area (Å²) in [5, 5.41) is 13.2. The molecule has 2 N–H and O–H groups in total. The minimum Gasteiger partial charge on any atom is -0.396 e. The van der Waals surface area contributed by atoms with Crippen molar-refractivity contribution in [2.45, 2.75) is 45.6 Å². The van der Waals surface area contributed by atoms with Crippen LogP contribution in [0.25, 0.3) is 10.8 Å². The summed E-state index contributed by atoms with van der Waals surface area (Å²) in [6.45, 7) is 6.02. The third kappa shape index (κ3) is 5.48. The highest BCUT2D eigenvalue weighted by Gasteiger charge is 2.20. The first-order valence-electron chi connectivity index (χ1n) is 10.7. The lowest BCUT2D eigenvalue weighted by Crippen LogP contribution is -2.34. The number of aldehydes is 1. The Morgan fingerprint density at radius 2 is 1.97 bits per heavy atom. The predicted molar refractivity (Wildman–Crippen MR) is 120 cm³/mol. The minimum atomic E-state index is -0.661. The van der Waals surface area contributed by atoms with Crippen molar-refractivity contribution in [2.75, 3.05) is 31.6 Å². The predicted octanol–water partition coefficient (Wildman–Crippen LogP) is 2.50. The van der Waals surface area contributed by atoms with Gasteiger partial charge in [0.1, 0.15) is 6.29 Å². The number of carbonyl (C=O) groups is 2. The Balaban J connectivity index is 0.00000155. The van der Waals surface area contributed by atoms with E-state index in [1.807, 2.05) is 38.1 Å². The maximum Gasteiger partial charge on any atom is 0.259 e. The molecule has 1 aliphatic heterocycles. The quantitative estimate of drug-likeness (QED) is 0.678. The van der Waals surface area contributed by atoms with Gasteiger partial charge in [-0.3, -0.25) is 9.59 Å². The Morgan fingerprint density at radius 3 is 2.57 bits per heavy atom. The van der Waals surface area contributed by atoms with Crippen molar-refractivity contribution in [2.24, 2.45) is 5.92 Å². The molecule has 2 heterocycles. The molecule has 0 spiro atoms. The zero-order valence-electron chi connectivity index (χ0n) is 18.1. The molecule has 1 aromatic heterocycles. The Kier molecular flexibility index (Phi) is 9.05. The highest BCUT2D eigenvalue weighted by molar-refractivity contribution is 5.85. The Labute approximate surface area is 177 Å². The maximum atomic E-state index is 12.9. The normalized spacial score (nSPS) is 15.3. The van der Waals surface area contributed by atoms with Gasteiger partial charge < -0.3 is 24.7 Å². The van der Waals surface area contributed by atoms with Gasteiger partial charge in [0.05, 0.1) is 6.04 Å². The van der Waals surface area contributed by atoms with E-state index in [2.05, 4.69) is 10.2 Å². The summed E-state index contributed by atoms with van der Waals surface area (Å²) in [5.41, 5.74) is 0.838. The molecule has 30 heavy (non-hydrogen) atoms. The number of amides is 1. The molecule has 1 saturated heterocycles. The summed E-state index contributed by atoms with van der Waals surface area (Å²) < 4.78 is 1.41. The van der Waals surface area contributed by atoms with Crippen molar-refractivity contribution >= 4 is 28.7 Å². The van der Waals surface area contributed by atoms with Crippen LogP contribution in [0, 0.1) is 5.92 Å². The average molecular weight is 416 g/mol. The smallest absolute Gasteiger partial charge is 0.259 e. The molecule has 0 saturated carbocycles. The van der Waals surface area contributed by atoms with Gasteiger partial charge >= 0.3 is 0 Å². The van der Waals surface area contributed by atoms with Crippen molar-refractivity contribution in [3.8, 4) is 0 Å². The van der Waals surface area contributed by atoms with Gasteiger partial charge in [-0.25, -0.2) is 0 Å². The summed E-state index contributed by atoms with van der Waals surface area (Å²) in [7, 11) is 1.55. The summed E-state index contributed by atoms with van der Waals surface area (Å²) in [5.74, 6) is 0.217. The molecule has 0 bridgehead atoms. The molecule has 7 heteroatoms. The molecule has 1 unspecified atom stereocenters. The Bertz CT molecular complexity index is 901. The first kappa shape index (κ1) is 23.6. The van der Waals surface area contributed by atoms with Gasteiger partial charge in [-0.1, -0.05) is 13.8 Å². The van der Waals surface area contributed by atoms with Crippen LogP contribution in [0.2, 0.25) is 0 Å². The van der Waals surface area contributed by atoms with Crippen molar-refractivity contribution in [1.82, 2.24) is 9.88 Å². The first-order chi connectivity index (χ1) is 14.6. The van der Waals surface area contributed by atoms with Gasteiger partial charge in [0.15, 0.2) is 0 Å². The van der Waals surface area contributed by atoms with E-state index < -0.39 is 6.04 Å². The van der Waals surface area contributed by atoms with E-state index in [1.165, 1.54) is 4.57 Å². The number of aromatic nitrogens is 1. The summed E-state index contributed by atoms with van der Waals surface area (Å²) in [4.78, 5) is 38.1. The number of rotatable bonds is 7. The third-order valence-corrected chi connectivity index (χ3v) is 5.61. The molecule has 7 nitrogen and oxygen atoms in total. The van der Waals surface area contributed by atoms with Crippen LogP contribution in [0.3, 0.4) is 0 Å². The van der Waals surface area contributed by atoms with Crippen molar-refractivity contribution in [3.05, 3.63) is 40.8 Å². The summed E-state index contributed by atoms with van der Waals surface area (Å²) >= 11 is 0. The van der Waals surface area contributed by atoms with E-state index in [1.54, 1.807) is 13.2 Å². The van der Waals surface area contributed by atoms with E-state index >= 15 is 0 Å². The molecule has 2 aromatic rings. The number of benzene rings is 1. The van der Waals surface area contributed by atoms with Crippen LogP contribution in [0.15, 0.2) is 35.3 Å². The van der Waals surface area contributed by atoms with Gasteiger partial charge in [-0.2, -0.15) is 0 Å². The number of fused-ring (bicyclic) bond motifs is 1. The van der Waals surface area contributed by atoms with Gasteiger partial charge in [0, 0.05) is 50.4 Å². The van der Waals surface area contributed by atoms with Crippen LogP contribution in [0.5, 0.6) is 0 Å². The number of hydrogen-bond donors (Lipinski definition) is 2. The first-order valence-corrected chi connectivity index (χ1v) is 10.7. The maximum absolute atomic E-state index is 12.9. The van der Waals surface area contributed by atoms with E-state index in [0.29, 0.717) is 11.3 Å². The molecular formula is C23H33N3O4. The van der Waals surface area contributed by atoms with E-state index in [-0.39, 0.29) is 30.9 Å². The number of piperidine rings is 1. The lowest BCUT2D eigenvalue weighted by molar-refractivity contribution is -0.121. The summed E-state index contributed by atoms with van der Waals surface area (Å²) in [6.07, 6.45) is 4.75. The molecule has 1 aliphatic rings. The third-order valence-electron chi connectivity index (χ3n) is 5.61. The van der Waals surface area contributed by atoms with Crippen molar-refractivity contribution < 1.29 is 14.7 Å². The van der Waals surface area contributed by atoms with Crippen LogP contribution in [0.1, 0.15) is 45.6 Å². The number of aliphatic hydroxyl groups is 1. The fourth-order valence-corrected chi connectivity index (χ4v) is 3.76. The number of anilines is 1. The number of carbonyl (C=O) groups excluding carboxylic acids is 2. The van der Waals surface area contributed by atoms with Gasteiger partial charge in [-0.05, 0) is 54.8 Å². The highest BCUT2D eigenvalue weighted by atomic mass is 16.3. The van der Waals surface area contributed by atoms with E-state index in [4.69, 9.17) is 0 Å². The summed E-state index contributed by atoms with van der Waals surface area (Å²) in [6, 6.07) is 6.93. The zero-order valence-corrected chi connectivity index (χ0v) is 18.1. The van der Waals surface area contributed by atoms with Crippen LogP contribution >= 0.6 is 0 Å². The standard InChI is InChI=1S/C21H27N3O4.C2H6/c1-22-20(27)5-3-18(14-26)24-11-8-16-12-17(2-4-19(16)21(24)28)23-9-6-15(13-25)7-10-23;1-2/h2,4,8,11-12,14-15,18,25H,3,5-7,9-10,13H2,1H3,(H,22,27);1-2H3. The van der Waals surface area contributed by atoms with Crippen LogP contribution in [0.4, 0.5) is 5.69 Å². The number of nitrogens with one attached hydrogen (secondary N) is 1.